The van der Waals surface area contributed by atoms with Gasteiger partial charge < -0.3 is 28.5 Å². The van der Waals surface area contributed by atoms with Crippen molar-refractivity contribution in [2.45, 2.75) is 65.6 Å². The van der Waals surface area contributed by atoms with Crippen LogP contribution in [-0.2, 0) is 47.7 Å². The van der Waals surface area contributed by atoms with Crippen molar-refractivity contribution in [3.05, 3.63) is 0 Å². The molecule has 0 radical (unpaired) electrons. The number of carbonyl (C=O) groups is 5. The fourth-order valence-electron chi connectivity index (χ4n) is 2.80. The third-order valence-electron chi connectivity index (χ3n) is 3.63. The molecule has 0 aromatic heterocycles. The number of hydrogen-bond donors (Lipinski definition) is 0. The summed E-state index contributed by atoms with van der Waals surface area (Å²) in [4.78, 5) is 57.4. The van der Waals surface area contributed by atoms with Gasteiger partial charge in [0.15, 0.2) is 12.2 Å². The number of rotatable bonds is 7. The van der Waals surface area contributed by atoms with Crippen LogP contribution in [-0.4, -0.2) is 60.9 Å². The lowest BCUT2D eigenvalue weighted by Gasteiger charge is -2.44. The lowest BCUT2D eigenvalue weighted by molar-refractivity contribution is -0.283. The number of esters is 4. The van der Waals surface area contributed by atoms with E-state index in [4.69, 9.17) is 23.7 Å². The lowest BCUT2D eigenvalue weighted by atomic mass is 9.86. The zero-order valence-electron chi connectivity index (χ0n) is 15.9. The quantitative estimate of drug-likeness (QED) is 0.443. The molecule has 0 bridgehead atoms. The van der Waals surface area contributed by atoms with E-state index in [-0.39, 0.29) is 18.8 Å². The molecule has 0 aromatic rings. The minimum Gasteiger partial charge on any atom is -0.463 e. The van der Waals surface area contributed by atoms with Crippen molar-refractivity contribution in [2.24, 2.45) is 5.92 Å². The summed E-state index contributed by atoms with van der Waals surface area (Å²) >= 11 is 0. The topological polar surface area (TPSA) is 132 Å². The number of hydrogen-bond acceptors (Lipinski definition) is 10. The first-order valence-electron chi connectivity index (χ1n) is 8.31. The van der Waals surface area contributed by atoms with E-state index in [0.717, 1.165) is 20.8 Å². The molecule has 1 aliphatic rings. The van der Waals surface area contributed by atoms with Crippen molar-refractivity contribution in [1.82, 2.24) is 0 Å². The average molecular weight is 388 g/mol. The lowest BCUT2D eigenvalue weighted by Crippen LogP contribution is -2.59. The van der Waals surface area contributed by atoms with Crippen molar-refractivity contribution in [3.8, 4) is 0 Å². The maximum absolute atomic E-state index is 11.7. The van der Waals surface area contributed by atoms with Gasteiger partial charge in [0.25, 0.3) is 0 Å². The fourth-order valence-corrected chi connectivity index (χ4v) is 2.80. The van der Waals surface area contributed by atoms with Crippen molar-refractivity contribution in [1.29, 1.82) is 0 Å². The van der Waals surface area contributed by atoms with Crippen LogP contribution in [0.2, 0.25) is 0 Å². The summed E-state index contributed by atoms with van der Waals surface area (Å²) in [7, 11) is 0. The Morgan fingerprint density at radius 2 is 1.26 bits per heavy atom. The first kappa shape index (κ1) is 22.6. The molecule has 1 aliphatic heterocycles. The summed E-state index contributed by atoms with van der Waals surface area (Å²) < 4.78 is 26.2. The van der Waals surface area contributed by atoms with E-state index in [1.54, 1.807) is 0 Å². The Bertz CT molecular complexity index is 599. The standard InChI is InChI=1S/C17H24O10/c1-8(18)6-13-15(24-10(3)20)16(25-11(4)21)14(7-23-9(2)19)27-17(13)26-12(5)22/h13-17H,6-7H2,1-5H3. The molecule has 10 heteroatoms. The SMILES string of the molecule is CC(=O)CC1C(OC(C)=O)OC(COC(C)=O)C(OC(C)=O)C1OC(C)=O. The van der Waals surface area contributed by atoms with Crippen molar-refractivity contribution in [3.63, 3.8) is 0 Å². The van der Waals surface area contributed by atoms with E-state index in [2.05, 4.69) is 0 Å². The predicted molar refractivity (Wildman–Crippen MR) is 87.0 cm³/mol. The Kier molecular flexibility index (Phi) is 8.35. The number of Topliss-reactive ketones (excluding diaryl/α,β-unsaturated/α-hetero) is 1. The van der Waals surface area contributed by atoms with Gasteiger partial charge in [-0.1, -0.05) is 0 Å². The molecular formula is C17H24O10. The van der Waals surface area contributed by atoms with Crippen LogP contribution in [0.3, 0.4) is 0 Å². The van der Waals surface area contributed by atoms with Crippen molar-refractivity contribution < 1.29 is 47.7 Å². The number of ether oxygens (including phenoxy) is 5. The van der Waals surface area contributed by atoms with Crippen LogP contribution in [0, 0.1) is 5.92 Å². The summed E-state index contributed by atoms with van der Waals surface area (Å²) in [5, 5.41) is 0. The van der Waals surface area contributed by atoms with Gasteiger partial charge in [-0.2, -0.15) is 0 Å². The van der Waals surface area contributed by atoms with Gasteiger partial charge in [-0.05, 0) is 6.92 Å². The van der Waals surface area contributed by atoms with Gasteiger partial charge in [0.2, 0.25) is 6.29 Å². The van der Waals surface area contributed by atoms with Crippen LogP contribution in [0.1, 0.15) is 41.0 Å². The second kappa shape index (κ2) is 10.0. The molecule has 1 heterocycles. The monoisotopic (exact) mass is 388 g/mol. The minimum atomic E-state index is -1.26. The van der Waals surface area contributed by atoms with Crippen LogP contribution >= 0.6 is 0 Å². The maximum atomic E-state index is 11.7. The minimum absolute atomic E-state index is 0.159. The highest BCUT2D eigenvalue weighted by Gasteiger charge is 2.51. The molecule has 0 aromatic carbocycles. The maximum Gasteiger partial charge on any atom is 0.304 e. The van der Waals surface area contributed by atoms with Gasteiger partial charge in [-0.25, -0.2) is 0 Å². The molecule has 0 spiro atoms. The highest BCUT2D eigenvalue weighted by Crippen LogP contribution is 2.34. The zero-order valence-corrected chi connectivity index (χ0v) is 15.9. The van der Waals surface area contributed by atoms with E-state index in [9.17, 15) is 24.0 Å². The number of ketones is 1. The molecule has 0 N–H and O–H groups in total. The van der Waals surface area contributed by atoms with Gasteiger partial charge in [-0.3, -0.25) is 19.2 Å². The van der Waals surface area contributed by atoms with E-state index < -0.39 is 54.4 Å². The molecule has 1 rings (SSSR count). The van der Waals surface area contributed by atoms with E-state index in [1.807, 2.05) is 0 Å². The predicted octanol–water partition coefficient (Wildman–Crippen LogP) is 0.296. The third kappa shape index (κ3) is 7.33. The molecule has 0 amide bonds. The molecule has 27 heavy (non-hydrogen) atoms. The Balaban J connectivity index is 3.29. The molecule has 10 nitrogen and oxygen atoms in total. The van der Waals surface area contributed by atoms with Gasteiger partial charge in [0.05, 0.1) is 5.92 Å². The Morgan fingerprint density at radius 3 is 1.70 bits per heavy atom. The van der Waals surface area contributed by atoms with Crippen molar-refractivity contribution >= 4 is 29.7 Å². The van der Waals surface area contributed by atoms with Crippen LogP contribution in [0.25, 0.3) is 0 Å². The van der Waals surface area contributed by atoms with Crippen LogP contribution < -0.4 is 0 Å². The first-order valence-corrected chi connectivity index (χ1v) is 8.31. The van der Waals surface area contributed by atoms with E-state index in [1.165, 1.54) is 13.8 Å². The average Bonchev–Trinajstić information content (AvgIpc) is 2.49. The van der Waals surface area contributed by atoms with E-state index in [0.29, 0.717) is 0 Å². The molecule has 5 unspecified atom stereocenters. The Morgan fingerprint density at radius 1 is 0.741 bits per heavy atom. The molecule has 0 saturated carbocycles. The summed E-state index contributed by atoms with van der Waals surface area (Å²) in [5.74, 6) is -3.88. The van der Waals surface area contributed by atoms with Gasteiger partial charge in [-0.15, -0.1) is 0 Å². The van der Waals surface area contributed by atoms with Gasteiger partial charge >= 0.3 is 23.9 Å². The first-order chi connectivity index (χ1) is 12.5. The molecule has 1 fully saturated rings. The summed E-state index contributed by atoms with van der Waals surface area (Å²) in [6.07, 6.45) is -4.80. The Hall–Kier alpha value is -2.49. The number of carbonyl (C=O) groups excluding carboxylic acids is 5. The third-order valence-corrected chi connectivity index (χ3v) is 3.63. The fraction of sp³-hybridized carbons (Fsp3) is 0.706. The normalized spacial score (nSPS) is 27.2. The largest absolute Gasteiger partial charge is 0.463 e. The van der Waals surface area contributed by atoms with E-state index >= 15 is 0 Å². The summed E-state index contributed by atoms with van der Waals surface area (Å²) in [6, 6.07) is 0. The molecular weight excluding hydrogens is 364 g/mol. The van der Waals surface area contributed by atoms with Crippen LogP contribution in [0.4, 0.5) is 0 Å². The van der Waals surface area contributed by atoms with Crippen LogP contribution in [0.15, 0.2) is 0 Å². The van der Waals surface area contributed by atoms with Gasteiger partial charge in [0, 0.05) is 34.1 Å². The second-order valence-corrected chi connectivity index (χ2v) is 6.17. The smallest absolute Gasteiger partial charge is 0.304 e. The summed E-state index contributed by atoms with van der Waals surface area (Å²) in [5.41, 5.74) is 0. The summed E-state index contributed by atoms with van der Waals surface area (Å²) in [6.45, 7) is 5.58. The molecule has 1 saturated heterocycles. The molecule has 152 valence electrons. The highest BCUT2D eigenvalue weighted by atomic mass is 16.7. The highest BCUT2D eigenvalue weighted by molar-refractivity contribution is 5.76. The van der Waals surface area contributed by atoms with Crippen LogP contribution in [0.5, 0.6) is 0 Å². The van der Waals surface area contributed by atoms with Gasteiger partial charge in [0.1, 0.15) is 18.5 Å². The Labute approximate surface area is 156 Å². The zero-order chi connectivity index (χ0) is 20.7. The van der Waals surface area contributed by atoms with Crippen molar-refractivity contribution in [2.75, 3.05) is 6.61 Å². The molecule has 0 aliphatic carbocycles. The molecule has 5 atom stereocenters. The second-order valence-electron chi connectivity index (χ2n) is 6.17.